The highest BCUT2D eigenvalue weighted by Crippen LogP contribution is 2.28. The number of benzene rings is 1. The number of amides is 1. The van der Waals surface area contributed by atoms with Crippen molar-refractivity contribution in [2.75, 3.05) is 13.2 Å². The normalized spacial score (nSPS) is 10.4. The van der Waals surface area contributed by atoms with E-state index in [1.807, 2.05) is 5.32 Å². The van der Waals surface area contributed by atoms with Crippen LogP contribution in [0.5, 0.6) is 5.75 Å². The summed E-state index contributed by atoms with van der Waals surface area (Å²) in [7, 11) is 0. The number of aromatic hydroxyl groups is 1. The summed E-state index contributed by atoms with van der Waals surface area (Å²) in [6.45, 7) is 2.73. The van der Waals surface area contributed by atoms with Crippen molar-refractivity contribution in [1.29, 1.82) is 0 Å². The molecule has 0 fully saturated rings. The molecule has 2 rings (SSSR count). The number of carboxylic acids is 1. The van der Waals surface area contributed by atoms with Gasteiger partial charge in [0.05, 0.1) is 5.52 Å². The lowest BCUT2D eigenvalue weighted by Crippen LogP contribution is -2.37. The molecule has 126 valence electrons. The molecule has 24 heavy (non-hydrogen) atoms. The summed E-state index contributed by atoms with van der Waals surface area (Å²) in [6.07, 6.45) is 1.39. The number of rotatable bonds is 6. The first kappa shape index (κ1) is 17.4. The minimum absolute atomic E-state index is 0.0292. The lowest BCUT2D eigenvalue weighted by Gasteiger charge is -2.14. The van der Waals surface area contributed by atoms with Crippen molar-refractivity contribution in [3.8, 4) is 5.75 Å². The van der Waals surface area contributed by atoms with E-state index >= 15 is 0 Å². The minimum atomic E-state index is -1.30. The lowest BCUT2D eigenvalue weighted by atomic mass is 10.1. The number of aliphatic carboxylic acids is 1. The summed E-state index contributed by atoms with van der Waals surface area (Å²) >= 11 is 5.89. The zero-order chi connectivity index (χ0) is 17.9. The van der Waals surface area contributed by atoms with Gasteiger partial charge in [0.15, 0.2) is 5.56 Å². The Morgan fingerprint density at radius 3 is 2.75 bits per heavy atom. The van der Waals surface area contributed by atoms with E-state index in [1.165, 1.54) is 24.3 Å². The van der Waals surface area contributed by atoms with Gasteiger partial charge < -0.3 is 20.4 Å². The van der Waals surface area contributed by atoms with Gasteiger partial charge in [0.2, 0.25) is 0 Å². The molecule has 0 bridgehead atoms. The maximum absolute atomic E-state index is 12.5. The van der Waals surface area contributed by atoms with Crippen LogP contribution in [0.2, 0.25) is 5.02 Å². The maximum atomic E-state index is 12.5. The van der Waals surface area contributed by atoms with Crippen LogP contribution in [0.4, 0.5) is 0 Å². The van der Waals surface area contributed by atoms with E-state index in [2.05, 4.69) is 6.58 Å². The number of fused-ring (bicyclic) bond motifs is 1. The molecule has 1 heterocycles. The molecule has 0 aliphatic heterocycles. The van der Waals surface area contributed by atoms with Crippen LogP contribution >= 0.6 is 11.6 Å². The van der Waals surface area contributed by atoms with Gasteiger partial charge >= 0.3 is 5.97 Å². The van der Waals surface area contributed by atoms with Gasteiger partial charge in [-0.25, -0.2) is 0 Å². The Morgan fingerprint density at radius 2 is 2.12 bits per heavy atom. The molecule has 9 heteroatoms. The standard InChI is InChI=1S/C15H13ClN2O6/c1-2-5-24-18-10-4-3-8(16)6-9(10)13(21)12(15(18)23)14(22)17-7-11(19)20/h2-4,6,21H,1,5,7H2,(H,17,22)(H,19,20). The quantitative estimate of drug-likeness (QED) is 0.661. The predicted octanol–water partition coefficient (Wildman–Crippen LogP) is 0.790. The fourth-order valence-corrected chi connectivity index (χ4v) is 2.20. The predicted molar refractivity (Wildman–Crippen MR) is 86.5 cm³/mol. The van der Waals surface area contributed by atoms with Crippen molar-refractivity contribution in [3.05, 3.63) is 51.8 Å². The molecule has 0 atom stereocenters. The van der Waals surface area contributed by atoms with Crippen LogP contribution in [0.15, 0.2) is 35.6 Å². The second-order valence-corrected chi connectivity index (χ2v) is 5.08. The average Bonchev–Trinajstić information content (AvgIpc) is 2.53. The van der Waals surface area contributed by atoms with Crippen LogP contribution in [-0.4, -0.2) is 40.0 Å². The molecule has 2 aromatic rings. The molecule has 1 aromatic heterocycles. The molecule has 0 spiro atoms. The molecule has 1 amide bonds. The maximum Gasteiger partial charge on any atom is 0.322 e. The summed E-state index contributed by atoms with van der Waals surface area (Å²) in [5.41, 5.74) is -1.39. The molecular weight excluding hydrogens is 340 g/mol. The summed E-state index contributed by atoms with van der Waals surface area (Å²) in [4.78, 5) is 40.4. The van der Waals surface area contributed by atoms with Gasteiger partial charge in [0.1, 0.15) is 18.9 Å². The molecule has 3 N–H and O–H groups in total. The van der Waals surface area contributed by atoms with Crippen molar-refractivity contribution >= 4 is 34.4 Å². The molecule has 0 saturated carbocycles. The summed E-state index contributed by atoms with van der Waals surface area (Å²) in [5.74, 6) is -2.95. The zero-order valence-corrected chi connectivity index (χ0v) is 13.0. The lowest BCUT2D eigenvalue weighted by molar-refractivity contribution is -0.135. The van der Waals surface area contributed by atoms with Crippen LogP contribution in [-0.2, 0) is 4.79 Å². The summed E-state index contributed by atoms with van der Waals surface area (Å²) < 4.78 is 0.822. The number of hydrogen-bond acceptors (Lipinski definition) is 5. The number of carbonyl (C=O) groups is 2. The van der Waals surface area contributed by atoms with E-state index in [-0.39, 0.29) is 22.5 Å². The Hall–Kier alpha value is -3.00. The summed E-state index contributed by atoms with van der Waals surface area (Å²) in [5, 5.41) is 21.3. The number of aromatic nitrogens is 1. The van der Waals surface area contributed by atoms with E-state index in [1.54, 1.807) is 0 Å². The Kier molecular flexibility index (Phi) is 5.10. The zero-order valence-electron chi connectivity index (χ0n) is 12.3. The summed E-state index contributed by atoms with van der Waals surface area (Å²) in [6, 6.07) is 4.29. The molecule has 0 radical (unpaired) electrons. The van der Waals surface area contributed by atoms with Crippen molar-refractivity contribution in [1.82, 2.24) is 10.0 Å². The van der Waals surface area contributed by atoms with Crippen molar-refractivity contribution < 1.29 is 24.6 Å². The smallest absolute Gasteiger partial charge is 0.322 e. The molecular formula is C15H13ClN2O6. The van der Waals surface area contributed by atoms with E-state index in [0.29, 0.717) is 0 Å². The number of nitrogens with zero attached hydrogens (tertiary/aromatic N) is 1. The van der Waals surface area contributed by atoms with E-state index in [9.17, 15) is 19.5 Å². The highest BCUT2D eigenvalue weighted by Gasteiger charge is 2.23. The molecule has 8 nitrogen and oxygen atoms in total. The Balaban J connectivity index is 2.70. The third kappa shape index (κ3) is 3.33. The fraction of sp³-hybridized carbons (Fsp3) is 0.133. The largest absolute Gasteiger partial charge is 0.506 e. The third-order valence-electron chi connectivity index (χ3n) is 3.02. The van der Waals surface area contributed by atoms with Gasteiger partial charge in [0.25, 0.3) is 11.5 Å². The fourth-order valence-electron chi connectivity index (χ4n) is 2.03. The van der Waals surface area contributed by atoms with Gasteiger partial charge in [-0.05, 0) is 18.2 Å². The van der Waals surface area contributed by atoms with Crippen LogP contribution in [0.1, 0.15) is 10.4 Å². The van der Waals surface area contributed by atoms with Crippen LogP contribution < -0.4 is 15.7 Å². The molecule has 0 aliphatic rings. The second kappa shape index (κ2) is 7.05. The number of pyridine rings is 1. The topological polar surface area (TPSA) is 118 Å². The SMILES string of the molecule is C=CCOn1c(=O)c(C(=O)NCC(=O)O)c(O)c2cc(Cl)ccc21. The highest BCUT2D eigenvalue weighted by atomic mass is 35.5. The average molecular weight is 353 g/mol. The van der Waals surface area contributed by atoms with Crippen LogP contribution in [0.25, 0.3) is 10.9 Å². The van der Waals surface area contributed by atoms with E-state index in [4.69, 9.17) is 21.5 Å². The van der Waals surface area contributed by atoms with Crippen molar-refractivity contribution in [2.45, 2.75) is 0 Å². The van der Waals surface area contributed by atoms with Crippen LogP contribution in [0, 0.1) is 0 Å². The van der Waals surface area contributed by atoms with Gasteiger partial charge in [-0.3, -0.25) is 14.4 Å². The number of nitrogens with one attached hydrogen (secondary N) is 1. The van der Waals surface area contributed by atoms with Crippen molar-refractivity contribution in [3.63, 3.8) is 0 Å². The highest BCUT2D eigenvalue weighted by molar-refractivity contribution is 6.31. The Bertz CT molecular complexity index is 890. The Morgan fingerprint density at radius 1 is 1.42 bits per heavy atom. The first-order chi connectivity index (χ1) is 11.4. The molecule has 0 saturated heterocycles. The van der Waals surface area contributed by atoms with Gasteiger partial charge in [0, 0.05) is 10.4 Å². The molecule has 1 aromatic carbocycles. The first-order valence-electron chi connectivity index (χ1n) is 6.68. The van der Waals surface area contributed by atoms with E-state index in [0.717, 1.165) is 4.73 Å². The van der Waals surface area contributed by atoms with Gasteiger partial charge in [-0.1, -0.05) is 24.3 Å². The Labute approximate surface area is 140 Å². The van der Waals surface area contributed by atoms with Gasteiger partial charge in [-0.15, -0.1) is 4.73 Å². The number of halogens is 1. The molecule has 0 aliphatic carbocycles. The van der Waals surface area contributed by atoms with Gasteiger partial charge in [-0.2, -0.15) is 0 Å². The monoisotopic (exact) mass is 352 g/mol. The van der Waals surface area contributed by atoms with Crippen LogP contribution in [0.3, 0.4) is 0 Å². The first-order valence-corrected chi connectivity index (χ1v) is 7.06. The number of carbonyl (C=O) groups excluding carboxylic acids is 1. The number of carboxylic acid groups (broad SMARTS) is 1. The minimum Gasteiger partial charge on any atom is -0.506 e. The third-order valence-corrected chi connectivity index (χ3v) is 3.25. The molecule has 0 unspecified atom stereocenters. The second-order valence-electron chi connectivity index (χ2n) is 4.65. The van der Waals surface area contributed by atoms with Crippen molar-refractivity contribution in [2.24, 2.45) is 0 Å². The van der Waals surface area contributed by atoms with E-state index < -0.39 is 35.3 Å². The number of hydrogen-bond donors (Lipinski definition) is 3.